The summed E-state index contributed by atoms with van der Waals surface area (Å²) >= 11 is 7.40. The van der Waals surface area contributed by atoms with Gasteiger partial charge in [0, 0.05) is 43.8 Å². The van der Waals surface area contributed by atoms with Gasteiger partial charge in [-0.25, -0.2) is 4.98 Å². The third kappa shape index (κ3) is 4.69. The van der Waals surface area contributed by atoms with Crippen molar-refractivity contribution in [2.75, 3.05) is 31.1 Å². The number of nitrogens with zero attached hydrogens (tertiary/aromatic N) is 3. The average molecular weight is 404 g/mol. The maximum Gasteiger partial charge on any atom is 0.417 e. The number of rotatable bonds is 5. The Morgan fingerprint density at radius 3 is 2.58 bits per heavy atom. The van der Waals surface area contributed by atoms with Crippen LogP contribution in [0.4, 0.5) is 18.9 Å². The van der Waals surface area contributed by atoms with Crippen molar-refractivity contribution in [1.82, 2.24) is 9.88 Å². The van der Waals surface area contributed by atoms with Gasteiger partial charge in [0.2, 0.25) is 0 Å². The Morgan fingerprint density at radius 2 is 1.92 bits per heavy atom. The van der Waals surface area contributed by atoms with Gasteiger partial charge in [0.1, 0.15) is 0 Å². The number of aromatic nitrogens is 1. The topological polar surface area (TPSA) is 19.4 Å². The van der Waals surface area contributed by atoms with Gasteiger partial charge in [0.05, 0.1) is 21.3 Å². The molecule has 1 fully saturated rings. The third-order valence-corrected chi connectivity index (χ3v) is 5.73. The first-order valence-corrected chi connectivity index (χ1v) is 9.90. The molecule has 0 saturated carbocycles. The van der Waals surface area contributed by atoms with E-state index in [1.54, 1.807) is 17.4 Å². The monoisotopic (exact) mass is 403 g/mol. The SMILES string of the molecule is CCCc1nc(CN2CCN(c3ccc(Cl)c(C(F)(F)F)c3)CC2)cs1. The van der Waals surface area contributed by atoms with Crippen molar-refractivity contribution in [1.29, 1.82) is 0 Å². The van der Waals surface area contributed by atoms with Crippen molar-refractivity contribution in [3.8, 4) is 0 Å². The van der Waals surface area contributed by atoms with Crippen molar-refractivity contribution < 1.29 is 13.2 Å². The van der Waals surface area contributed by atoms with Crippen molar-refractivity contribution in [2.45, 2.75) is 32.5 Å². The highest BCUT2D eigenvalue weighted by Crippen LogP contribution is 2.37. The number of piperazine rings is 1. The number of benzene rings is 1. The van der Waals surface area contributed by atoms with Crippen molar-refractivity contribution in [3.05, 3.63) is 44.9 Å². The molecule has 2 aromatic rings. The van der Waals surface area contributed by atoms with Gasteiger partial charge >= 0.3 is 6.18 Å². The summed E-state index contributed by atoms with van der Waals surface area (Å²) in [6, 6.07) is 4.14. The standard InChI is InChI=1S/C18H21ClF3N3S/c1-2-3-17-23-13(12-26-17)11-24-6-8-25(9-7-24)14-4-5-16(19)15(10-14)18(20,21)22/h4-5,10,12H,2-3,6-9,11H2,1H3. The van der Waals surface area contributed by atoms with Gasteiger partial charge in [0.15, 0.2) is 0 Å². The molecule has 142 valence electrons. The summed E-state index contributed by atoms with van der Waals surface area (Å²) in [6.07, 6.45) is -2.33. The molecule has 1 aromatic carbocycles. The highest BCUT2D eigenvalue weighted by molar-refractivity contribution is 7.09. The van der Waals surface area contributed by atoms with E-state index in [9.17, 15) is 13.2 Å². The number of halogens is 4. The van der Waals surface area contributed by atoms with Crippen molar-refractivity contribution in [2.24, 2.45) is 0 Å². The van der Waals surface area contributed by atoms with Crippen LogP contribution in [-0.4, -0.2) is 36.1 Å². The summed E-state index contributed by atoms with van der Waals surface area (Å²) in [5.41, 5.74) is 0.878. The second-order valence-electron chi connectivity index (χ2n) is 6.41. The fraction of sp³-hybridized carbons (Fsp3) is 0.500. The van der Waals surface area contributed by atoms with Gasteiger partial charge in [-0.2, -0.15) is 13.2 Å². The minimum Gasteiger partial charge on any atom is -0.369 e. The van der Waals surface area contributed by atoms with E-state index in [0.29, 0.717) is 18.8 Å². The molecule has 0 radical (unpaired) electrons. The van der Waals surface area contributed by atoms with Gasteiger partial charge in [-0.1, -0.05) is 18.5 Å². The van der Waals surface area contributed by atoms with Crippen LogP contribution in [0.5, 0.6) is 0 Å². The van der Waals surface area contributed by atoms with Crippen LogP contribution in [0.2, 0.25) is 5.02 Å². The largest absolute Gasteiger partial charge is 0.417 e. The Hall–Kier alpha value is -1.31. The Labute approximate surface area is 160 Å². The molecule has 0 atom stereocenters. The zero-order chi connectivity index (χ0) is 18.7. The molecule has 1 saturated heterocycles. The molecule has 1 aliphatic rings. The number of alkyl halides is 3. The maximum atomic E-state index is 13.0. The van der Waals surface area contributed by atoms with E-state index >= 15 is 0 Å². The lowest BCUT2D eigenvalue weighted by atomic mass is 10.1. The molecule has 3 nitrogen and oxygen atoms in total. The van der Waals surface area contributed by atoms with E-state index in [1.807, 2.05) is 4.90 Å². The van der Waals surface area contributed by atoms with E-state index in [0.717, 1.165) is 44.2 Å². The second-order valence-corrected chi connectivity index (χ2v) is 7.76. The second kappa shape index (κ2) is 8.15. The van der Waals surface area contributed by atoms with E-state index in [-0.39, 0.29) is 5.02 Å². The predicted molar refractivity (Wildman–Crippen MR) is 100 cm³/mol. The van der Waals surface area contributed by atoms with Crippen LogP contribution in [0, 0.1) is 0 Å². The summed E-state index contributed by atoms with van der Waals surface area (Å²) in [6.45, 7) is 5.90. The van der Waals surface area contributed by atoms with Crippen LogP contribution in [0.1, 0.15) is 29.6 Å². The molecule has 3 rings (SSSR count). The molecule has 0 unspecified atom stereocenters. The molecule has 2 heterocycles. The smallest absolute Gasteiger partial charge is 0.369 e. The summed E-state index contributed by atoms with van der Waals surface area (Å²) < 4.78 is 39.1. The quantitative estimate of drug-likeness (QED) is 0.693. The molecule has 1 aromatic heterocycles. The highest BCUT2D eigenvalue weighted by atomic mass is 35.5. The van der Waals surface area contributed by atoms with Crippen LogP contribution in [0.15, 0.2) is 23.6 Å². The number of aryl methyl sites for hydroxylation is 1. The summed E-state index contributed by atoms with van der Waals surface area (Å²) in [5, 5.41) is 3.01. The first-order valence-electron chi connectivity index (χ1n) is 8.64. The summed E-state index contributed by atoms with van der Waals surface area (Å²) in [5.74, 6) is 0. The summed E-state index contributed by atoms with van der Waals surface area (Å²) in [7, 11) is 0. The molecule has 0 bridgehead atoms. The minimum absolute atomic E-state index is 0.258. The normalized spacial score (nSPS) is 16.3. The lowest BCUT2D eigenvalue weighted by Crippen LogP contribution is -2.46. The molecule has 1 aliphatic heterocycles. The number of hydrogen-bond donors (Lipinski definition) is 0. The van der Waals surface area contributed by atoms with Gasteiger partial charge < -0.3 is 4.90 Å². The fourth-order valence-corrected chi connectivity index (χ4v) is 4.19. The van der Waals surface area contributed by atoms with Crippen molar-refractivity contribution >= 4 is 28.6 Å². The first-order chi connectivity index (χ1) is 12.4. The molecule has 26 heavy (non-hydrogen) atoms. The average Bonchev–Trinajstić information content (AvgIpc) is 3.02. The van der Waals surface area contributed by atoms with Gasteiger partial charge in [-0.05, 0) is 31.0 Å². The van der Waals surface area contributed by atoms with E-state index < -0.39 is 11.7 Å². The molecular formula is C18H21ClF3N3S. The summed E-state index contributed by atoms with van der Waals surface area (Å²) in [4.78, 5) is 8.91. The molecular weight excluding hydrogens is 383 g/mol. The Balaban J connectivity index is 1.60. The zero-order valence-electron chi connectivity index (χ0n) is 14.5. The van der Waals surface area contributed by atoms with Gasteiger partial charge in [-0.15, -0.1) is 11.3 Å². The molecule has 0 spiro atoms. The van der Waals surface area contributed by atoms with Gasteiger partial charge in [0.25, 0.3) is 0 Å². The van der Waals surface area contributed by atoms with Crippen LogP contribution in [0.25, 0.3) is 0 Å². The number of thiazole rings is 1. The lowest BCUT2D eigenvalue weighted by Gasteiger charge is -2.36. The van der Waals surface area contributed by atoms with Crippen LogP contribution < -0.4 is 4.90 Å². The van der Waals surface area contributed by atoms with Crippen LogP contribution in [0.3, 0.4) is 0 Å². The lowest BCUT2D eigenvalue weighted by molar-refractivity contribution is -0.137. The molecule has 0 N–H and O–H groups in total. The Morgan fingerprint density at radius 1 is 1.19 bits per heavy atom. The third-order valence-electron chi connectivity index (χ3n) is 4.44. The Kier molecular flexibility index (Phi) is 6.10. The van der Waals surface area contributed by atoms with E-state index in [1.165, 1.54) is 11.1 Å². The number of anilines is 1. The molecule has 0 amide bonds. The predicted octanol–water partition coefficient (Wildman–Crippen LogP) is 5.09. The van der Waals surface area contributed by atoms with E-state index in [2.05, 4.69) is 22.2 Å². The van der Waals surface area contributed by atoms with Crippen LogP contribution in [-0.2, 0) is 19.1 Å². The highest BCUT2D eigenvalue weighted by Gasteiger charge is 2.34. The molecule has 8 heteroatoms. The Bertz CT molecular complexity index is 740. The fourth-order valence-electron chi connectivity index (χ4n) is 3.07. The van der Waals surface area contributed by atoms with E-state index in [4.69, 9.17) is 11.6 Å². The van der Waals surface area contributed by atoms with Crippen molar-refractivity contribution in [3.63, 3.8) is 0 Å². The maximum absolute atomic E-state index is 13.0. The van der Waals surface area contributed by atoms with Gasteiger partial charge in [-0.3, -0.25) is 4.90 Å². The number of hydrogen-bond acceptors (Lipinski definition) is 4. The minimum atomic E-state index is -4.43. The first kappa shape index (κ1) is 19.5. The zero-order valence-corrected chi connectivity index (χ0v) is 16.1. The molecule has 0 aliphatic carbocycles. The van der Waals surface area contributed by atoms with Crippen LogP contribution >= 0.6 is 22.9 Å².